The Labute approximate surface area is 122 Å². The number of amides is 2. The summed E-state index contributed by atoms with van der Waals surface area (Å²) in [6.45, 7) is 2.42. The third kappa shape index (κ3) is 3.36. The van der Waals surface area contributed by atoms with Crippen molar-refractivity contribution < 1.29 is 19.1 Å². The molecular formula is C14H19N3O4. The van der Waals surface area contributed by atoms with Crippen molar-refractivity contribution in [3.05, 3.63) is 17.7 Å². The maximum Gasteiger partial charge on any atom is 0.256 e. The van der Waals surface area contributed by atoms with Crippen molar-refractivity contribution in [3.8, 4) is 11.5 Å². The van der Waals surface area contributed by atoms with Crippen LogP contribution in [0, 0.1) is 0 Å². The summed E-state index contributed by atoms with van der Waals surface area (Å²) in [5, 5.41) is 0. The molecule has 2 rings (SSSR count). The van der Waals surface area contributed by atoms with E-state index in [0.29, 0.717) is 18.0 Å². The van der Waals surface area contributed by atoms with Crippen LogP contribution in [-0.2, 0) is 4.79 Å². The van der Waals surface area contributed by atoms with Crippen molar-refractivity contribution in [1.82, 2.24) is 4.90 Å². The van der Waals surface area contributed by atoms with E-state index >= 15 is 0 Å². The Morgan fingerprint density at radius 1 is 1.29 bits per heavy atom. The van der Waals surface area contributed by atoms with E-state index in [-0.39, 0.29) is 30.5 Å². The van der Waals surface area contributed by atoms with E-state index in [2.05, 4.69) is 0 Å². The summed E-state index contributed by atoms with van der Waals surface area (Å²) in [6, 6.07) is 3.10. The second kappa shape index (κ2) is 6.34. The zero-order chi connectivity index (χ0) is 15.4. The Bertz CT molecular complexity index is 559. The van der Waals surface area contributed by atoms with E-state index in [0.717, 1.165) is 12.8 Å². The molecule has 0 radical (unpaired) electrons. The number of hydrogen-bond acceptors (Lipinski definition) is 5. The van der Waals surface area contributed by atoms with Crippen molar-refractivity contribution >= 4 is 17.5 Å². The van der Waals surface area contributed by atoms with Crippen LogP contribution in [0.1, 0.15) is 30.1 Å². The first-order chi connectivity index (χ1) is 10.0. The number of rotatable bonds is 6. The zero-order valence-corrected chi connectivity index (χ0v) is 11.9. The van der Waals surface area contributed by atoms with Crippen molar-refractivity contribution in [2.24, 2.45) is 5.73 Å². The van der Waals surface area contributed by atoms with Gasteiger partial charge in [0.1, 0.15) is 0 Å². The first-order valence-corrected chi connectivity index (χ1v) is 6.79. The molecule has 1 aromatic rings. The molecule has 1 aromatic carbocycles. The van der Waals surface area contributed by atoms with Gasteiger partial charge in [-0.3, -0.25) is 9.59 Å². The number of nitrogens with zero attached hydrogens (tertiary/aromatic N) is 1. The smallest absolute Gasteiger partial charge is 0.256 e. The van der Waals surface area contributed by atoms with Gasteiger partial charge in [-0.05, 0) is 12.5 Å². The number of nitrogen functional groups attached to an aromatic ring is 1. The third-order valence-electron chi connectivity index (χ3n) is 3.19. The predicted molar refractivity (Wildman–Crippen MR) is 77.0 cm³/mol. The first kappa shape index (κ1) is 15.0. The summed E-state index contributed by atoms with van der Waals surface area (Å²) in [6.07, 6.45) is 1.68. The minimum atomic E-state index is -0.557. The van der Waals surface area contributed by atoms with Gasteiger partial charge in [-0.1, -0.05) is 13.3 Å². The highest BCUT2D eigenvalue weighted by Gasteiger charge is 2.23. The largest absolute Gasteiger partial charge is 0.454 e. The van der Waals surface area contributed by atoms with Gasteiger partial charge in [0, 0.05) is 18.3 Å². The van der Waals surface area contributed by atoms with Crippen molar-refractivity contribution in [2.75, 3.05) is 25.6 Å². The lowest BCUT2D eigenvalue weighted by Gasteiger charge is -2.21. The minimum absolute atomic E-state index is 0.104. The molecule has 4 N–H and O–H groups in total. The summed E-state index contributed by atoms with van der Waals surface area (Å²) >= 11 is 0. The topological polar surface area (TPSA) is 108 Å². The first-order valence-electron chi connectivity index (χ1n) is 6.79. The van der Waals surface area contributed by atoms with E-state index < -0.39 is 5.91 Å². The molecule has 0 spiro atoms. The number of nitrogens with two attached hydrogens (primary N) is 2. The van der Waals surface area contributed by atoms with E-state index in [9.17, 15) is 9.59 Å². The lowest BCUT2D eigenvalue weighted by Crippen LogP contribution is -2.39. The van der Waals surface area contributed by atoms with E-state index in [1.165, 1.54) is 4.90 Å². The van der Waals surface area contributed by atoms with Crippen molar-refractivity contribution in [3.63, 3.8) is 0 Å². The Kier molecular flexibility index (Phi) is 4.52. The number of fused-ring (bicyclic) bond motifs is 1. The fourth-order valence-corrected chi connectivity index (χ4v) is 2.10. The van der Waals surface area contributed by atoms with Crippen LogP contribution in [-0.4, -0.2) is 36.6 Å². The average molecular weight is 293 g/mol. The second-order valence-corrected chi connectivity index (χ2v) is 4.84. The highest BCUT2D eigenvalue weighted by Crippen LogP contribution is 2.36. The Hall–Kier alpha value is -2.44. The number of benzene rings is 1. The van der Waals surface area contributed by atoms with Crippen LogP contribution in [0.4, 0.5) is 5.69 Å². The molecule has 0 aliphatic carbocycles. The molecule has 2 amide bonds. The number of unbranched alkanes of at least 4 members (excludes halogenated alkanes) is 1. The average Bonchev–Trinajstić information content (AvgIpc) is 2.88. The van der Waals surface area contributed by atoms with E-state index in [1.54, 1.807) is 12.1 Å². The van der Waals surface area contributed by atoms with E-state index in [4.69, 9.17) is 20.9 Å². The van der Waals surface area contributed by atoms with Crippen LogP contribution in [0.5, 0.6) is 11.5 Å². The molecule has 0 saturated heterocycles. The summed E-state index contributed by atoms with van der Waals surface area (Å²) in [5.74, 6) is 0.0953. The molecule has 0 saturated carbocycles. The zero-order valence-electron chi connectivity index (χ0n) is 11.9. The van der Waals surface area contributed by atoms with Gasteiger partial charge in [0.05, 0.1) is 12.1 Å². The molecule has 1 heterocycles. The number of carbonyl (C=O) groups is 2. The van der Waals surface area contributed by atoms with Crippen LogP contribution in [0.2, 0.25) is 0 Å². The molecule has 7 nitrogen and oxygen atoms in total. The SMILES string of the molecule is CCCCN(CC(N)=O)C(=O)c1cc2c(cc1N)OCO2. The molecule has 1 aliphatic rings. The van der Waals surface area contributed by atoms with Gasteiger partial charge >= 0.3 is 0 Å². The molecule has 0 bridgehead atoms. The summed E-state index contributed by atoms with van der Waals surface area (Å²) in [5.41, 5.74) is 11.7. The highest BCUT2D eigenvalue weighted by molar-refractivity contribution is 6.01. The molecule has 0 fully saturated rings. The van der Waals surface area contributed by atoms with Gasteiger partial charge in [0.15, 0.2) is 11.5 Å². The molecule has 21 heavy (non-hydrogen) atoms. The van der Waals surface area contributed by atoms with Crippen molar-refractivity contribution in [1.29, 1.82) is 0 Å². The van der Waals surface area contributed by atoms with E-state index in [1.807, 2.05) is 6.92 Å². The number of ether oxygens (including phenoxy) is 2. The van der Waals surface area contributed by atoms with Gasteiger partial charge in [0.2, 0.25) is 12.7 Å². The Balaban J connectivity index is 2.25. The fourth-order valence-electron chi connectivity index (χ4n) is 2.10. The normalized spacial score (nSPS) is 12.2. The number of anilines is 1. The number of hydrogen-bond donors (Lipinski definition) is 2. The Morgan fingerprint density at radius 3 is 2.57 bits per heavy atom. The molecule has 1 aliphatic heterocycles. The molecule has 0 aromatic heterocycles. The monoisotopic (exact) mass is 293 g/mol. The minimum Gasteiger partial charge on any atom is -0.454 e. The summed E-state index contributed by atoms with van der Waals surface area (Å²) in [7, 11) is 0. The van der Waals surface area contributed by atoms with Crippen LogP contribution in [0.15, 0.2) is 12.1 Å². The lowest BCUT2D eigenvalue weighted by atomic mass is 10.1. The maximum absolute atomic E-state index is 12.5. The quantitative estimate of drug-likeness (QED) is 0.751. The van der Waals surface area contributed by atoms with Gasteiger partial charge in [-0.15, -0.1) is 0 Å². The Morgan fingerprint density at radius 2 is 1.95 bits per heavy atom. The molecule has 0 unspecified atom stereocenters. The molecule has 114 valence electrons. The summed E-state index contributed by atoms with van der Waals surface area (Å²) in [4.78, 5) is 25.1. The number of carbonyl (C=O) groups excluding carboxylic acids is 2. The second-order valence-electron chi connectivity index (χ2n) is 4.84. The number of primary amides is 1. The van der Waals surface area contributed by atoms with Gasteiger partial charge in [-0.25, -0.2) is 0 Å². The maximum atomic E-state index is 12.5. The van der Waals surface area contributed by atoms with Crippen LogP contribution >= 0.6 is 0 Å². The highest BCUT2D eigenvalue weighted by atomic mass is 16.7. The molecule has 7 heteroatoms. The van der Waals surface area contributed by atoms with Gasteiger partial charge in [-0.2, -0.15) is 0 Å². The molecular weight excluding hydrogens is 274 g/mol. The van der Waals surface area contributed by atoms with Crippen molar-refractivity contribution in [2.45, 2.75) is 19.8 Å². The standard InChI is InChI=1S/C14H19N3O4/c1-2-3-4-17(7-13(16)18)14(19)9-5-11-12(6-10(9)15)21-8-20-11/h5-6H,2-4,7-8,15H2,1H3,(H2,16,18). The third-order valence-corrected chi connectivity index (χ3v) is 3.19. The van der Waals surface area contributed by atoms with Gasteiger partial charge in [0.25, 0.3) is 5.91 Å². The fraction of sp³-hybridized carbons (Fsp3) is 0.429. The van der Waals surface area contributed by atoms with Crippen LogP contribution in [0.25, 0.3) is 0 Å². The molecule has 0 atom stereocenters. The summed E-state index contributed by atoms with van der Waals surface area (Å²) < 4.78 is 10.4. The van der Waals surface area contributed by atoms with Gasteiger partial charge < -0.3 is 25.8 Å². The van der Waals surface area contributed by atoms with Crippen LogP contribution < -0.4 is 20.9 Å². The van der Waals surface area contributed by atoms with Crippen LogP contribution in [0.3, 0.4) is 0 Å². The lowest BCUT2D eigenvalue weighted by molar-refractivity contribution is -0.118. The predicted octanol–water partition coefficient (Wildman–Crippen LogP) is 0.725.